The Kier molecular flexibility index (Phi) is 5.90. The van der Waals surface area contributed by atoms with Crippen molar-refractivity contribution in [1.82, 2.24) is 5.32 Å². The molecule has 1 aromatic carbocycles. The molecule has 0 aromatic heterocycles. The fourth-order valence-electron chi connectivity index (χ4n) is 3.43. The highest BCUT2D eigenvalue weighted by Gasteiger charge is 2.29. The van der Waals surface area contributed by atoms with E-state index in [1.165, 1.54) is 42.1 Å². The summed E-state index contributed by atoms with van der Waals surface area (Å²) in [5.74, 6) is 1.72. The van der Waals surface area contributed by atoms with Crippen molar-refractivity contribution in [2.24, 2.45) is 11.8 Å². The lowest BCUT2D eigenvalue weighted by Gasteiger charge is -2.36. The van der Waals surface area contributed by atoms with Crippen LogP contribution < -0.4 is 5.32 Å². The molecule has 2 heteroatoms. The maximum Gasteiger partial charge on any atom is 0.0207 e. The van der Waals surface area contributed by atoms with Gasteiger partial charge >= 0.3 is 0 Å². The van der Waals surface area contributed by atoms with Crippen LogP contribution >= 0.6 is 15.9 Å². The molecular weight excluding hydrogens is 298 g/mol. The first kappa shape index (κ1) is 15.1. The van der Waals surface area contributed by atoms with Crippen LogP contribution in [0.15, 0.2) is 28.7 Å². The second-order valence-electron chi connectivity index (χ2n) is 5.81. The normalized spacial score (nSPS) is 27.4. The molecule has 1 nitrogen and oxygen atoms in total. The maximum absolute atomic E-state index is 3.70. The van der Waals surface area contributed by atoms with Gasteiger partial charge in [-0.3, -0.25) is 0 Å². The Balaban J connectivity index is 2.07. The van der Waals surface area contributed by atoms with Gasteiger partial charge in [0, 0.05) is 10.5 Å². The first-order valence-corrected chi connectivity index (χ1v) is 8.50. The topological polar surface area (TPSA) is 12.0 Å². The number of rotatable bonds is 5. The summed E-state index contributed by atoms with van der Waals surface area (Å²) in [7, 11) is 0. The number of nitrogens with one attached hydrogen (secondary N) is 1. The van der Waals surface area contributed by atoms with Gasteiger partial charge in [0.25, 0.3) is 0 Å². The second kappa shape index (κ2) is 7.44. The lowest BCUT2D eigenvalue weighted by atomic mass is 9.74. The van der Waals surface area contributed by atoms with E-state index in [9.17, 15) is 0 Å². The average Bonchev–Trinajstić information content (AvgIpc) is 2.43. The van der Waals surface area contributed by atoms with Gasteiger partial charge in [0.1, 0.15) is 0 Å². The van der Waals surface area contributed by atoms with Gasteiger partial charge in [-0.05, 0) is 55.7 Å². The van der Waals surface area contributed by atoms with Gasteiger partial charge in [-0.25, -0.2) is 0 Å². The van der Waals surface area contributed by atoms with Crippen LogP contribution in [-0.4, -0.2) is 12.6 Å². The largest absolute Gasteiger partial charge is 0.314 e. The Morgan fingerprint density at radius 1 is 1.21 bits per heavy atom. The van der Waals surface area contributed by atoms with Crippen LogP contribution in [0.4, 0.5) is 0 Å². The molecule has 0 heterocycles. The summed E-state index contributed by atoms with van der Waals surface area (Å²) in [5.41, 5.74) is 1.46. The van der Waals surface area contributed by atoms with E-state index < -0.39 is 0 Å². The molecule has 106 valence electrons. The first-order chi connectivity index (χ1) is 9.24. The molecule has 0 saturated heterocycles. The van der Waals surface area contributed by atoms with Crippen LogP contribution in [0, 0.1) is 11.8 Å². The summed E-state index contributed by atoms with van der Waals surface area (Å²) >= 11 is 3.69. The zero-order valence-corrected chi connectivity index (χ0v) is 13.7. The van der Waals surface area contributed by atoms with E-state index in [0.717, 1.165) is 18.4 Å². The molecule has 1 aliphatic rings. The summed E-state index contributed by atoms with van der Waals surface area (Å²) in [6.07, 6.45) is 6.68. The average molecular weight is 324 g/mol. The third kappa shape index (κ3) is 4.06. The van der Waals surface area contributed by atoms with Gasteiger partial charge < -0.3 is 5.32 Å². The summed E-state index contributed by atoms with van der Waals surface area (Å²) in [6.45, 7) is 5.66. The molecule has 2 rings (SSSR count). The molecule has 1 fully saturated rings. The molecule has 1 saturated carbocycles. The fourth-order valence-corrected chi connectivity index (χ4v) is 3.88. The Hall–Kier alpha value is -0.340. The van der Waals surface area contributed by atoms with Gasteiger partial charge in [0.2, 0.25) is 0 Å². The van der Waals surface area contributed by atoms with Crippen molar-refractivity contribution < 1.29 is 0 Å². The van der Waals surface area contributed by atoms with Crippen LogP contribution in [0.3, 0.4) is 0 Å². The highest BCUT2D eigenvalue weighted by atomic mass is 79.9. The predicted molar refractivity (Wildman–Crippen MR) is 86.4 cm³/mol. The molecule has 19 heavy (non-hydrogen) atoms. The highest BCUT2D eigenvalue weighted by molar-refractivity contribution is 9.10. The predicted octanol–water partition coefficient (Wildman–Crippen LogP) is 4.80. The zero-order valence-electron chi connectivity index (χ0n) is 12.2. The molecule has 0 aliphatic heterocycles. The van der Waals surface area contributed by atoms with E-state index in [4.69, 9.17) is 0 Å². The van der Waals surface area contributed by atoms with Crippen molar-refractivity contribution in [2.45, 2.75) is 52.0 Å². The Morgan fingerprint density at radius 2 is 2.00 bits per heavy atom. The molecule has 3 atom stereocenters. The van der Waals surface area contributed by atoms with Crippen LogP contribution in [0.1, 0.15) is 45.1 Å². The van der Waals surface area contributed by atoms with Crippen molar-refractivity contribution >= 4 is 15.9 Å². The van der Waals surface area contributed by atoms with Crippen molar-refractivity contribution in [3.8, 4) is 0 Å². The quantitative estimate of drug-likeness (QED) is 0.821. The van der Waals surface area contributed by atoms with Crippen LogP contribution in [0.5, 0.6) is 0 Å². The third-order valence-electron chi connectivity index (χ3n) is 4.57. The van der Waals surface area contributed by atoms with Crippen molar-refractivity contribution in [3.05, 3.63) is 34.3 Å². The molecule has 0 radical (unpaired) electrons. The van der Waals surface area contributed by atoms with E-state index in [0.29, 0.717) is 6.04 Å². The van der Waals surface area contributed by atoms with E-state index >= 15 is 0 Å². The highest BCUT2D eigenvalue weighted by Crippen LogP contribution is 2.34. The molecule has 0 amide bonds. The zero-order chi connectivity index (χ0) is 13.7. The van der Waals surface area contributed by atoms with Gasteiger partial charge in [-0.2, -0.15) is 0 Å². The summed E-state index contributed by atoms with van der Waals surface area (Å²) in [6, 6.07) is 9.40. The van der Waals surface area contributed by atoms with Gasteiger partial charge in [-0.15, -0.1) is 0 Å². The minimum absolute atomic E-state index is 0.708. The monoisotopic (exact) mass is 323 g/mol. The smallest absolute Gasteiger partial charge is 0.0207 e. The Labute approximate surface area is 126 Å². The van der Waals surface area contributed by atoms with E-state index in [2.05, 4.69) is 59.4 Å². The number of hydrogen-bond acceptors (Lipinski definition) is 1. The van der Waals surface area contributed by atoms with Crippen molar-refractivity contribution in [3.63, 3.8) is 0 Å². The molecule has 1 N–H and O–H groups in total. The molecular formula is C17H26BrN. The van der Waals surface area contributed by atoms with Gasteiger partial charge in [-0.1, -0.05) is 54.4 Å². The lowest BCUT2D eigenvalue weighted by molar-refractivity contribution is 0.200. The third-order valence-corrected chi connectivity index (χ3v) is 5.35. The molecule has 3 unspecified atom stereocenters. The minimum Gasteiger partial charge on any atom is -0.314 e. The molecule has 1 aliphatic carbocycles. The Bertz CT molecular complexity index is 391. The lowest BCUT2D eigenvalue weighted by Crippen LogP contribution is -2.41. The molecule has 1 aromatic rings. The molecule has 0 bridgehead atoms. The second-order valence-corrected chi connectivity index (χ2v) is 6.66. The number of halogens is 1. The SMILES string of the molecule is CCNC1CCC(CC)CC1Cc1ccccc1Br. The van der Waals surface area contributed by atoms with Crippen molar-refractivity contribution in [1.29, 1.82) is 0 Å². The summed E-state index contributed by atoms with van der Waals surface area (Å²) < 4.78 is 1.27. The summed E-state index contributed by atoms with van der Waals surface area (Å²) in [5, 5.41) is 3.70. The van der Waals surface area contributed by atoms with Crippen molar-refractivity contribution in [2.75, 3.05) is 6.54 Å². The molecule has 0 spiro atoms. The van der Waals surface area contributed by atoms with Crippen LogP contribution in [0.25, 0.3) is 0 Å². The van der Waals surface area contributed by atoms with E-state index in [1.807, 2.05) is 0 Å². The number of hydrogen-bond donors (Lipinski definition) is 1. The van der Waals surface area contributed by atoms with Crippen LogP contribution in [-0.2, 0) is 6.42 Å². The first-order valence-electron chi connectivity index (χ1n) is 7.71. The Morgan fingerprint density at radius 3 is 2.68 bits per heavy atom. The van der Waals surface area contributed by atoms with Crippen LogP contribution in [0.2, 0.25) is 0 Å². The summed E-state index contributed by atoms with van der Waals surface area (Å²) in [4.78, 5) is 0. The maximum atomic E-state index is 3.70. The van der Waals surface area contributed by atoms with E-state index in [-0.39, 0.29) is 0 Å². The number of benzene rings is 1. The fraction of sp³-hybridized carbons (Fsp3) is 0.647. The minimum atomic E-state index is 0.708. The van der Waals surface area contributed by atoms with E-state index in [1.54, 1.807) is 0 Å². The van der Waals surface area contributed by atoms with Gasteiger partial charge in [0.05, 0.1) is 0 Å². The standard InChI is InChI=1S/C17H26BrN/c1-3-13-9-10-17(19-4-2)15(11-13)12-14-7-5-6-8-16(14)18/h5-8,13,15,17,19H,3-4,9-12H2,1-2H3. The van der Waals surface area contributed by atoms with Gasteiger partial charge in [0.15, 0.2) is 0 Å².